The molecule has 0 aliphatic carbocycles. The van der Waals surface area contributed by atoms with E-state index in [1.165, 1.54) is 38.8 Å². The Morgan fingerprint density at radius 3 is 1.37 bits per heavy atom. The van der Waals surface area contributed by atoms with Gasteiger partial charge in [-0.1, -0.05) is 30.0 Å². The van der Waals surface area contributed by atoms with Gasteiger partial charge in [0, 0.05) is 17.0 Å². The second-order valence-corrected chi connectivity index (χ2v) is 20.5. The number of methoxy groups -OCH3 is 3. The van der Waals surface area contributed by atoms with Gasteiger partial charge in [0.25, 0.3) is 5.91 Å². The Morgan fingerprint density at radius 2 is 0.968 bits per heavy atom. The van der Waals surface area contributed by atoms with Crippen LogP contribution in [0.2, 0.25) is 0 Å². The van der Waals surface area contributed by atoms with Gasteiger partial charge in [0.1, 0.15) is 34.1 Å². The molecular weight excluding hydrogens is 1320 g/mol. The van der Waals surface area contributed by atoms with Gasteiger partial charge in [-0.15, -0.1) is 26.3 Å². The van der Waals surface area contributed by atoms with Crippen molar-refractivity contribution in [3.05, 3.63) is 172 Å². The number of nitrogens with one attached hydrogen (secondary N) is 2. The minimum Gasteiger partial charge on any atom is -0.493 e. The first-order valence-corrected chi connectivity index (χ1v) is 26.7. The van der Waals surface area contributed by atoms with Gasteiger partial charge in [0.15, 0.2) is 62.8 Å². The maximum absolute atomic E-state index is 15.2. The summed E-state index contributed by atoms with van der Waals surface area (Å²) >= 11 is 1.37. The van der Waals surface area contributed by atoms with Gasteiger partial charge in [-0.05, 0) is 107 Å². The van der Waals surface area contributed by atoms with Crippen molar-refractivity contribution >= 4 is 52.1 Å². The number of carbonyl (C=O) groups is 4. The van der Waals surface area contributed by atoms with Gasteiger partial charge in [-0.3, -0.25) is 9.79 Å². The number of aromatic carboxylic acids is 1. The fourth-order valence-electron chi connectivity index (χ4n) is 7.18. The summed E-state index contributed by atoms with van der Waals surface area (Å²) in [6.45, 7) is 8.86. The molecule has 0 aliphatic heterocycles. The van der Waals surface area contributed by atoms with Crippen LogP contribution in [0, 0.1) is 23.3 Å². The Bertz CT molecular complexity index is 3900. The zero-order chi connectivity index (χ0) is 70.4. The van der Waals surface area contributed by atoms with Crippen LogP contribution in [0.4, 0.5) is 81.6 Å². The monoisotopic (exact) mass is 1370 g/mol. The molecule has 0 atom stereocenters. The molecule has 0 aliphatic rings. The number of rotatable bonds is 16. The molecule has 3 N–H and O–H groups in total. The molecule has 0 saturated carbocycles. The summed E-state index contributed by atoms with van der Waals surface area (Å²) in [4.78, 5) is 60.8. The van der Waals surface area contributed by atoms with Gasteiger partial charge < -0.3 is 53.6 Å². The van der Waals surface area contributed by atoms with Crippen LogP contribution in [-0.2, 0) is 21.8 Å². The standard InChI is InChI=1S/C25H18F8N2O6.C18H20FN3O2S.C16H9F7O5/c1-11(2)39-23(37)16-9-15(14(26)10-34-16)35-22(36)20-18(7-5-13(21(20)27)24(28,29)30)40-17-6-4-12(8-19(17)38-3)41-25(31,32)33;1-18(2,3)22-17(25-12-8-6-5-7-9-12)21-14-10-15(16(23)24-4)20-11-13(14)19;1-26-11-6-7(28-16(21,22)23)2-4-9(11)27-10-5-3-8(15(18,19)20)13(17)12(10)14(24)25/h4-11H,1-3H3,(H,34,35,36);5-11H,1-4H3,(H,20,21,22);2-6H,1H3,(H,24,25). The Kier molecular flexibility index (Phi) is 24.5. The van der Waals surface area contributed by atoms with E-state index < -0.39 is 152 Å². The van der Waals surface area contributed by atoms with Crippen LogP contribution < -0.4 is 39.1 Å². The number of nitrogens with zero attached hydrogens (tertiary/aromatic N) is 3. The van der Waals surface area contributed by atoms with Crippen LogP contribution in [0.1, 0.15) is 87.4 Å². The molecule has 2 aromatic heterocycles. The number of carbonyl (C=O) groups excluding carboxylic acids is 3. The number of carboxylic acids is 1. The highest BCUT2D eigenvalue weighted by Crippen LogP contribution is 2.43. The number of hydrogen-bond acceptors (Lipinski definition) is 16. The summed E-state index contributed by atoms with van der Waals surface area (Å²) < 4.78 is 248. The van der Waals surface area contributed by atoms with E-state index in [1.807, 2.05) is 56.4 Å². The third-order valence-corrected chi connectivity index (χ3v) is 11.9. The smallest absolute Gasteiger partial charge is 0.493 e. The lowest BCUT2D eigenvalue weighted by molar-refractivity contribution is -0.275. The zero-order valence-electron chi connectivity index (χ0n) is 49.2. The summed E-state index contributed by atoms with van der Waals surface area (Å²) in [6, 6.07) is 18.0. The fourth-order valence-corrected chi connectivity index (χ4v) is 8.18. The predicted molar refractivity (Wildman–Crippen MR) is 301 cm³/mol. The van der Waals surface area contributed by atoms with E-state index in [0.717, 1.165) is 55.6 Å². The quantitative estimate of drug-likeness (QED) is 0.0269. The van der Waals surface area contributed by atoms with Crippen molar-refractivity contribution in [2.75, 3.05) is 32.0 Å². The van der Waals surface area contributed by atoms with Gasteiger partial charge in [0.2, 0.25) is 0 Å². The molecule has 1 amide bonds. The number of pyridine rings is 2. The number of thioether (sulfide) groups is 1. The molecular formula is C59H47F16N5O13S. The minimum atomic E-state index is -5.28. The molecule has 0 radical (unpaired) electrons. The maximum Gasteiger partial charge on any atom is 0.573 e. The van der Waals surface area contributed by atoms with Crippen molar-refractivity contribution < 1.29 is 132 Å². The lowest BCUT2D eigenvalue weighted by atomic mass is 10.1. The summed E-state index contributed by atoms with van der Waals surface area (Å²) in [6.07, 6.45) is -19.6. The molecule has 0 spiro atoms. The molecule has 18 nitrogen and oxygen atoms in total. The number of anilines is 2. The minimum absolute atomic E-state index is 0.0196. The molecule has 0 bridgehead atoms. The molecule has 0 fully saturated rings. The van der Waals surface area contributed by atoms with Gasteiger partial charge in [0.05, 0.1) is 67.9 Å². The Labute approximate surface area is 524 Å². The van der Waals surface area contributed by atoms with Gasteiger partial charge >= 0.3 is 43.0 Å². The Hall–Kier alpha value is -10.2. The molecule has 7 rings (SSSR count). The number of aromatic nitrogens is 2. The average molecular weight is 1370 g/mol. The third kappa shape index (κ3) is 21.7. The van der Waals surface area contributed by atoms with Crippen LogP contribution in [-0.4, -0.2) is 89.8 Å². The molecule has 94 heavy (non-hydrogen) atoms. The van der Waals surface area contributed by atoms with Gasteiger partial charge in [-0.2, -0.15) is 26.3 Å². The van der Waals surface area contributed by atoms with Crippen LogP contribution in [0.15, 0.2) is 125 Å². The van der Waals surface area contributed by atoms with Crippen molar-refractivity contribution in [2.45, 2.75) is 76.2 Å². The number of carboxylic acid groups (broad SMARTS) is 1. The number of aliphatic imine (C=N–C) groups is 1. The Morgan fingerprint density at radius 1 is 0.543 bits per heavy atom. The molecule has 35 heteroatoms. The zero-order valence-corrected chi connectivity index (χ0v) is 50.0. The van der Waals surface area contributed by atoms with Crippen molar-refractivity contribution in [3.63, 3.8) is 0 Å². The van der Waals surface area contributed by atoms with Crippen LogP contribution in [0.5, 0.6) is 46.0 Å². The van der Waals surface area contributed by atoms with E-state index in [2.05, 4.69) is 34.5 Å². The number of alkyl halides is 12. The molecule has 0 unspecified atom stereocenters. The highest BCUT2D eigenvalue weighted by atomic mass is 32.2. The highest BCUT2D eigenvalue weighted by Gasteiger charge is 2.40. The molecule has 5 aromatic carbocycles. The van der Waals surface area contributed by atoms with Crippen LogP contribution >= 0.6 is 11.8 Å². The SMILES string of the molecule is COC(=O)c1cc(NC(=NC(C)(C)C)Sc2ccccc2)c(F)cn1.COc1cc(OC(F)(F)F)ccc1Oc1ccc(C(F)(F)F)c(F)c1C(=O)Nc1cc(C(=O)OC(C)C)ncc1F.COc1cc(OC(F)(F)F)ccc1Oc1ccc(C(F)(F)F)c(F)c1C(=O)O. The van der Waals surface area contributed by atoms with E-state index in [-0.39, 0.29) is 34.8 Å². The summed E-state index contributed by atoms with van der Waals surface area (Å²) in [5.41, 5.74) is -7.96. The van der Waals surface area contributed by atoms with E-state index in [0.29, 0.717) is 35.6 Å². The summed E-state index contributed by atoms with van der Waals surface area (Å²) in [7, 11) is 3.29. The van der Waals surface area contributed by atoms with Gasteiger partial charge in [-0.25, -0.2) is 41.9 Å². The lowest BCUT2D eigenvalue weighted by Crippen LogP contribution is -2.20. The van der Waals surface area contributed by atoms with Crippen molar-refractivity contribution in [3.8, 4) is 46.0 Å². The van der Waals surface area contributed by atoms with Crippen LogP contribution in [0.25, 0.3) is 0 Å². The normalized spacial score (nSPS) is 11.8. The average Bonchev–Trinajstić information content (AvgIpc) is 0.790. The number of benzene rings is 5. The summed E-state index contributed by atoms with van der Waals surface area (Å²) in [5, 5.41) is 14.4. The summed E-state index contributed by atoms with van der Waals surface area (Å²) in [5.74, 6) is -16.1. The highest BCUT2D eigenvalue weighted by molar-refractivity contribution is 8.14. The third-order valence-electron chi connectivity index (χ3n) is 11.0. The topological polar surface area (TPSA) is 225 Å². The first kappa shape index (κ1) is 74.5. The number of ether oxygens (including phenoxy) is 8. The largest absolute Gasteiger partial charge is 0.573 e. The number of esters is 2. The number of halogens is 16. The first-order valence-electron chi connectivity index (χ1n) is 25.9. The lowest BCUT2D eigenvalue weighted by Gasteiger charge is -2.18. The molecule has 504 valence electrons. The molecule has 0 saturated heterocycles. The van der Waals surface area contributed by atoms with Crippen LogP contribution in [0.3, 0.4) is 0 Å². The Balaban J connectivity index is 0.000000266. The van der Waals surface area contributed by atoms with E-state index in [4.69, 9.17) is 28.8 Å². The van der Waals surface area contributed by atoms with Crippen molar-refractivity contribution in [1.82, 2.24) is 9.97 Å². The maximum atomic E-state index is 15.2. The number of amides is 1. The number of hydrogen-bond donors (Lipinski definition) is 3. The predicted octanol–water partition coefficient (Wildman–Crippen LogP) is 16.5. The molecule has 7 aromatic rings. The molecule has 2 heterocycles. The first-order chi connectivity index (χ1) is 43.6. The van der Waals surface area contributed by atoms with Crippen molar-refractivity contribution in [1.29, 1.82) is 0 Å². The second-order valence-electron chi connectivity index (χ2n) is 19.5. The van der Waals surface area contributed by atoms with E-state index >= 15 is 4.39 Å². The number of amidine groups is 1. The fraction of sp³-hybridized carbons (Fsp3) is 0.237. The van der Waals surface area contributed by atoms with E-state index in [1.54, 1.807) is 0 Å². The second kappa shape index (κ2) is 30.9. The van der Waals surface area contributed by atoms with Crippen molar-refractivity contribution in [2.24, 2.45) is 4.99 Å². The van der Waals surface area contributed by atoms with E-state index in [9.17, 15) is 85.0 Å².